The Kier molecular flexibility index (Phi) is 5.23. The molecule has 0 saturated carbocycles. The van der Waals surface area contributed by atoms with Gasteiger partial charge in [0.05, 0.1) is 23.4 Å². The van der Waals surface area contributed by atoms with Gasteiger partial charge < -0.3 is 19.6 Å². The number of nitrogens with two attached hydrogens (primary N) is 1. The van der Waals surface area contributed by atoms with Gasteiger partial charge in [-0.15, -0.1) is 0 Å². The van der Waals surface area contributed by atoms with E-state index in [0.717, 1.165) is 27.1 Å². The van der Waals surface area contributed by atoms with Crippen LogP contribution in [-0.4, -0.2) is 20.3 Å². The first kappa shape index (κ1) is 15.1. The Balaban J connectivity index is 2.12. The molecule has 2 rings (SSSR count). The topological polar surface area (TPSA) is 57.6 Å². The average Bonchev–Trinajstić information content (AvgIpc) is 2.86. The van der Waals surface area contributed by atoms with Crippen LogP contribution in [-0.2, 0) is 4.74 Å². The largest absolute Gasteiger partial charge is 0.490 e. The van der Waals surface area contributed by atoms with Crippen LogP contribution in [0.25, 0.3) is 0 Å². The van der Waals surface area contributed by atoms with Crippen LogP contribution in [0, 0.1) is 6.92 Å². The molecule has 0 aliphatic rings. The number of hydrogen-bond acceptors (Lipinski definition) is 4. The van der Waals surface area contributed by atoms with Gasteiger partial charge in [0, 0.05) is 12.7 Å². The summed E-state index contributed by atoms with van der Waals surface area (Å²) in [5, 5.41) is 0. The maximum atomic E-state index is 6.23. The Hall–Kier alpha value is -1.30. The number of hydrogen-bond donors (Lipinski definition) is 1. The highest BCUT2D eigenvalue weighted by molar-refractivity contribution is 9.10. The first-order valence-electron chi connectivity index (χ1n) is 6.33. The second-order valence-corrected chi connectivity index (χ2v) is 5.35. The van der Waals surface area contributed by atoms with E-state index in [1.807, 2.05) is 31.2 Å². The second kappa shape index (κ2) is 6.92. The molecule has 0 bridgehead atoms. The highest BCUT2D eigenvalue weighted by Gasteiger charge is 2.13. The predicted octanol–water partition coefficient (Wildman–Crippen LogP) is 3.42. The number of halogens is 1. The molecule has 2 aromatic rings. The molecule has 0 radical (unpaired) electrons. The van der Waals surface area contributed by atoms with Crippen molar-refractivity contribution >= 4 is 15.9 Å². The van der Waals surface area contributed by atoms with Gasteiger partial charge in [0.1, 0.15) is 18.1 Å². The molecule has 1 aromatic heterocycles. The van der Waals surface area contributed by atoms with Crippen molar-refractivity contribution < 1.29 is 13.9 Å². The lowest BCUT2D eigenvalue weighted by atomic mass is 10.0. The summed E-state index contributed by atoms with van der Waals surface area (Å²) >= 11 is 3.50. The van der Waals surface area contributed by atoms with Crippen molar-refractivity contribution in [3.8, 4) is 5.75 Å². The van der Waals surface area contributed by atoms with Crippen molar-refractivity contribution in [3.63, 3.8) is 0 Å². The van der Waals surface area contributed by atoms with Crippen molar-refractivity contribution in [2.45, 2.75) is 13.0 Å². The van der Waals surface area contributed by atoms with E-state index in [2.05, 4.69) is 15.9 Å². The number of furan rings is 1. The summed E-state index contributed by atoms with van der Waals surface area (Å²) in [5.41, 5.74) is 8.19. The minimum absolute atomic E-state index is 0.211. The quantitative estimate of drug-likeness (QED) is 0.819. The SMILES string of the molecule is COCCOc1ccc(C(N)c2coc(C)c2)cc1Br. The van der Waals surface area contributed by atoms with Crippen LogP contribution in [0.1, 0.15) is 22.9 Å². The lowest BCUT2D eigenvalue weighted by molar-refractivity contribution is 0.146. The van der Waals surface area contributed by atoms with Gasteiger partial charge in [0.2, 0.25) is 0 Å². The first-order valence-corrected chi connectivity index (χ1v) is 7.13. The molecule has 1 heterocycles. The van der Waals surface area contributed by atoms with Gasteiger partial charge in [0.25, 0.3) is 0 Å². The zero-order valence-corrected chi connectivity index (χ0v) is 13.1. The number of methoxy groups -OCH3 is 1. The number of rotatable bonds is 6. The first-order chi connectivity index (χ1) is 9.61. The van der Waals surface area contributed by atoms with Gasteiger partial charge in [-0.25, -0.2) is 0 Å². The lowest BCUT2D eigenvalue weighted by Crippen LogP contribution is -2.11. The predicted molar refractivity (Wildman–Crippen MR) is 81.0 cm³/mol. The minimum Gasteiger partial charge on any atom is -0.490 e. The molecule has 0 aliphatic carbocycles. The Labute approximate surface area is 127 Å². The Morgan fingerprint density at radius 1 is 1.25 bits per heavy atom. The van der Waals surface area contributed by atoms with Crippen LogP contribution < -0.4 is 10.5 Å². The second-order valence-electron chi connectivity index (χ2n) is 4.50. The molecule has 2 N–H and O–H groups in total. The normalized spacial score (nSPS) is 12.4. The van der Waals surface area contributed by atoms with E-state index in [1.165, 1.54) is 0 Å². The van der Waals surface area contributed by atoms with Crippen molar-refractivity contribution in [2.24, 2.45) is 5.73 Å². The van der Waals surface area contributed by atoms with Crippen molar-refractivity contribution in [1.29, 1.82) is 0 Å². The molecule has 4 nitrogen and oxygen atoms in total. The monoisotopic (exact) mass is 339 g/mol. The summed E-state index contributed by atoms with van der Waals surface area (Å²) in [4.78, 5) is 0. The molecule has 108 valence electrons. The molecule has 0 aliphatic heterocycles. The third-order valence-corrected chi connectivity index (χ3v) is 3.59. The molecular weight excluding hydrogens is 322 g/mol. The maximum Gasteiger partial charge on any atom is 0.133 e. The summed E-state index contributed by atoms with van der Waals surface area (Å²) in [6, 6.07) is 7.56. The summed E-state index contributed by atoms with van der Waals surface area (Å²) in [7, 11) is 1.65. The van der Waals surface area contributed by atoms with Crippen LogP contribution in [0.3, 0.4) is 0 Å². The van der Waals surface area contributed by atoms with Crippen molar-refractivity contribution in [3.05, 3.63) is 51.9 Å². The van der Waals surface area contributed by atoms with E-state index in [-0.39, 0.29) is 6.04 Å². The third kappa shape index (κ3) is 3.62. The van der Waals surface area contributed by atoms with Gasteiger partial charge in [-0.3, -0.25) is 0 Å². The van der Waals surface area contributed by atoms with Crippen LogP contribution in [0.4, 0.5) is 0 Å². The average molecular weight is 340 g/mol. The van der Waals surface area contributed by atoms with Crippen molar-refractivity contribution in [1.82, 2.24) is 0 Å². The van der Waals surface area contributed by atoms with E-state index in [0.29, 0.717) is 13.2 Å². The van der Waals surface area contributed by atoms with E-state index in [1.54, 1.807) is 13.4 Å². The smallest absolute Gasteiger partial charge is 0.133 e. The molecule has 1 unspecified atom stereocenters. The van der Waals surface area contributed by atoms with E-state index < -0.39 is 0 Å². The summed E-state index contributed by atoms with van der Waals surface area (Å²) in [5.74, 6) is 1.63. The van der Waals surface area contributed by atoms with E-state index in [4.69, 9.17) is 19.6 Å². The molecule has 0 spiro atoms. The van der Waals surface area contributed by atoms with Gasteiger partial charge in [-0.05, 0) is 46.6 Å². The fourth-order valence-corrected chi connectivity index (χ4v) is 2.39. The van der Waals surface area contributed by atoms with Crippen LogP contribution in [0.2, 0.25) is 0 Å². The van der Waals surface area contributed by atoms with Gasteiger partial charge in [-0.2, -0.15) is 0 Å². The fourth-order valence-electron chi connectivity index (χ4n) is 1.88. The maximum absolute atomic E-state index is 6.23. The molecule has 20 heavy (non-hydrogen) atoms. The number of ether oxygens (including phenoxy) is 2. The molecule has 0 saturated heterocycles. The molecule has 5 heteroatoms. The number of benzene rings is 1. The lowest BCUT2D eigenvalue weighted by Gasteiger charge is -2.13. The van der Waals surface area contributed by atoms with Crippen LogP contribution >= 0.6 is 15.9 Å². The summed E-state index contributed by atoms with van der Waals surface area (Å²) in [6.45, 7) is 2.97. The Morgan fingerprint density at radius 3 is 2.65 bits per heavy atom. The Morgan fingerprint density at radius 2 is 2.05 bits per heavy atom. The Bertz CT molecular complexity index is 568. The highest BCUT2D eigenvalue weighted by atomic mass is 79.9. The van der Waals surface area contributed by atoms with Crippen molar-refractivity contribution in [2.75, 3.05) is 20.3 Å². The summed E-state index contributed by atoms with van der Waals surface area (Å²) < 4.78 is 16.7. The fraction of sp³-hybridized carbons (Fsp3) is 0.333. The highest BCUT2D eigenvalue weighted by Crippen LogP contribution is 2.30. The molecule has 0 amide bonds. The standard InChI is InChI=1S/C15H18BrNO3/c1-10-7-12(9-20-10)15(17)11-3-4-14(13(16)8-11)19-6-5-18-2/h3-4,7-9,15H,5-6,17H2,1-2H3. The van der Waals surface area contributed by atoms with Crippen LogP contribution in [0.15, 0.2) is 39.4 Å². The van der Waals surface area contributed by atoms with Crippen LogP contribution in [0.5, 0.6) is 5.75 Å². The summed E-state index contributed by atoms with van der Waals surface area (Å²) in [6.07, 6.45) is 1.69. The number of aryl methyl sites for hydroxylation is 1. The van der Waals surface area contributed by atoms with Gasteiger partial charge >= 0.3 is 0 Å². The third-order valence-electron chi connectivity index (χ3n) is 2.97. The van der Waals surface area contributed by atoms with Gasteiger partial charge in [0.15, 0.2) is 0 Å². The van der Waals surface area contributed by atoms with E-state index >= 15 is 0 Å². The molecule has 0 fully saturated rings. The molecule has 1 atom stereocenters. The van der Waals surface area contributed by atoms with E-state index in [9.17, 15) is 0 Å². The van der Waals surface area contributed by atoms with Gasteiger partial charge in [-0.1, -0.05) is 6.07 Å². The molecule has 1 aromatic carbocycles. The minimum atomic E-state index is -0.211. The zero-order chi connectivity index (χ0) is 14.5. The molecular formula is C15H18BrNO3. The zero-order valence-electron chi connectivity index (χ0n) is 11.6.